The summed E-state index contributed by atoms with van der Waals surface area (Å²) < 4.78 is 0. The van der Waals surface area contributed by atoms with E-state index < -0.39 is 5.66 Å². The molecule has 0 radical (unpaired) electrons. The van der Waals surface area contributed by atoms with Crippen molar-refractivity contribution in [3.05, 3.63) is 240 Å². The van der Waals surface area contributed by atoms with Crippen molar-refractivity contribution in [1.82, 2.24) is 5.32 Å². The molecule has 286 valence electrons. The van der Waals surface area contributed by atoms with Crippen LogP contribution in [0.3, 0.4) is 0 Å². The number of fused-ring (bicyclic) bond motifs is 13. The van der Waals surface area contributed by atoms with E-state index in [-0.39, 0.29) is 5.41 Å². The minimum Gasteiger partial charge on any atom is -0.339 e. The molecule has 0 saturated carbocycles. The molecule has 0 bridgehead atoms. The number of aliphatic imine (C=N–C) groups is 1. The highest BCUT2D eigenvalue weighted by Gasteiger charge is 2.56. The van der Waals surface area contributed by atoms with Crippen LogP contribution in [0, 0.1) is 11.8 Å². The van der Waals surface area contributed by atoms with Gasteiger partial charge in [-0.2, -0.15) is 0 Å². The summed E-state index contributed by atoms with van der Waals surface area (Å²) in [6, 6.07) is 39.1. The third-order valence-corrected chi connectivity index (χ3v) is 13.1. The van der Waals surface area contributed by atoms with Crippen molar-refractivity contribution in [2.24, 2.45) is 16.8 Å². The molecule has 0 saturated heterocycles. The number of allylic oxidation sites excluding steroid dienone is 12. The lowest BCUT2D eigenvalue weighted by molar-refractivity contribution is 0.448. The van der Waals surface area contributed by atoms with Crippen molar-refractivity contribution < 1.29 is 0 Å². The van der Waals surface area contributed by atoms with Gasteiger partial charge in [0.2, 0.25) is 0 Å². The van der Waals surface area contributed by atoms with Crippen molar-refractivity contribution in [2.45, 2.75) is 37.8 Å². The SMILES string of the molecule is C=C/C=C\C(=C/C)C1=NC(/C=C/c2ccc(-c3ccc4c5c(ccc4c3)C3=C(C4C=CCCC4C=C3)C53c4ccccc4-c4ccccc43)cc2)(/C(C=C)=C/C=C\C)N1. The maximum Gasteiger partial charge on any atom is 0.178 e. The first-order valence-electron chi connectivity index (χ1n) is 21.0. The first-order valence-corrected chi connectivity index (χ1v) is 21.0. The van der Waals surface area contributed by atoms with E-state index in [4.69, 9.17) is 4.99 Å². The predicted octanol–water partition coefficient (Wildman–Crippen LogP) is 13.8. The summed E-state index contributed by atoms with van der Waals surface area (Å²) in [6.45, 7) is 12.0. The van der Waals surface area contributed by atoms with E-state index in [1.807, 2.05) is 44.2 Å². The maximum absolute atomic E-state index is 5.11. The van der Waals surface area contributed by atoms with Crippen molar-refractivity contribution >= 4 is 28.3 Å². The lowest BCUT2D eigenvalue weighted by Crippen LogP contribution is -2.56. The Morgan fingerprint density at radius 1 is 0.814 bits per heavy atom. The number of hydrogen-bond donors (Lipinski definition) is 1. The molecule has 3 unspecified atom stereocenters. The Kier molecular flexibility index (Phi) is 9.02. The third kappa shape index (κ3) is 5.58. The van der Waals surface area contributed by atoms with Crippen molar-refractivity contribution in [1.29, 1.82) is 0 Å². The molecule has 5 aromatic carbocycles. The summed E-state index contributed by atoms with van der Waals surface area (Å²) in [6.07, 6.45) is 32.3. The lowest BCUT2D eigenvalue weighted by Gasteiger charge is -2.40. The van der Waals surface area contributed by atoms with Crippen molar-refractivity contribution in [3.8, 4) is 22.3 Å². The molecule has 10 rings (SSSR count). The Bertz CT molecular complexity index is 2810. The maximum atomic E-state index is 5.11. The predicted molar refractivity (Wildman–Crippen MR) is 251 cm³/mol. The molecule has 5 aromatic rings. The zero-order valence-corrected chi connectivity index (χ0v) is 33.8. The van der Waals surface area contributed by atoms with Crippen LogP contribution >= 0.6 is 0 Å². The van der Waals surface area contributed by atoms with Gasteiger partial charge in [0.25, 0.3) is 0 Å². The minimum absolute atomic E-state index is 0.343. The van der Waals surface area contributed by atoms with Crippen LogP contribution in [-0.4, -0.2) is 11.5 Å². The average molecular weight is 761 g/mol. The van der Waals surface area contributed by atoms with Crippen molar-refractivity contribution in [3.63, 3.8) is 0 Å². The summed E-state index contributed by atoms with van der Waals surface area (Å²) in [7, 11) is 0. The molecule has 4 aliphatic carbocycles. The van der Waals surface area contributed by atoms with Crippen LogP contribution in [0.15, 0.2) is 217 Å². The van der Waals surface area contributed by atoms with Crippen LogP contribution < -0.4 is 5.32 Å². The first kappa shape index (κ1) is 36.6. The fourth-order valence-electron chi connectivity index (χ4n) is 10.5. The fraction of sp³-hybridized carbons (Fsp3) is 0.140. The lowest BCUT2D eigenvalue weighted by atomic mass is 9.61. The zero-order chi connectivity index (χ0) is 40.1. The molecule has 0 fully saturated rings. The molecule has 0 aromatic heterocycles. The first-order chi connectivity index (χ1) is 29.0. The molecule has 3 atom stereocenters. The molecule has 59 heavy (non-hydrogen) atoms. The van der Waals surface area contributed by atoms with E-state index in [1.165, 1.54) is 67.3 Å². The van der Waals surface area contributed by atoms with Crippen molar-refractivity contribution in [2.75, 3.05) is 0 Å². The number of nitrogens with zero attached hydrogens (tertiary/aromatic N) is 1. The third-order valence-electron chi connectivity index (χ3n) is 13.1. The molecule has 2 nitrogen and oxygen atoms in total. The van der Waals surface area contributed by atoms with Gasteiger partial charge in [-0.05, 0) is 117 Å². The standard InChI is InChI=1S/C57H48N2/c1-5-9-17-39(7-3)55-58-56(59-55,44(8-4)19-10-6-2)36-35-38-25-27-40(28-26-38)42-30-32-46-43(37-42)31-34-50-49-33-29-41-18-11-12-20-45(41)53(49)57(54(46)50)51-23-15-13-21-47(51)48-22-14-16-24-52(48)57/h5-10,12-17,19-37,41,45H,1,4,11,18H2,2-3H3,(H,58,59)/b10-6-,17-9-,36-35+,39-7+,44-19+. The largest absolute Gasteiger partial charge is 0.339 e. The van der Waals surface area contributed by atoms with Crippen LogP contribution in [0.5, 0.6) is 0 Å². The summed E-state index contributed by atoms with van der Waals surface area (Å²) in [5.41, 5.74) is 15.8. The Hall–Kier alpha value is -6.77. The molecule has 1 aliphatic heterocycles. The number of rotatable bonds is 9. The number of benzene rings is 5. The quantitative estimate of drug-likeness (QED) is 0.117. The molecule has 1 heterocycles. The van der Waals surface area contributed by atoms with Gasteiger partial charge in [-0.1, -0.05) is 189 Å². The second-order valence-corrected chi connectivity index (χ2v) is 16.1. The topological polar surface area (TPSA) is 24.4 Å². The minimum atomic E-state index is -0.708. The summed E-state index contributed by atoms with van der Waals surface area (Å²) in [5, 5.41) is 6.24. The number of nitrogens with one attached hydrogen (secondary N) is 1. The van der Waals surface area contributed by atoms with Gasteiger partial charge in [-0.3, -0.25) is 0 Å². The van der Waals surface area contributed by atoms with E-state index in [1.54, 1.807) is 11.6 Å². The van der Waals surface area contributed by atoms with Gasteiger partial charge >= 0.3 is 0 Å². The summed E-state index contributed by atoms with van der Waals surface area (Å²) in [4.78, 5) is 5.11. The second-order valence-electron chi connectivity index (χ2n) is 16.1. The van der Waals surface area contributed by atoms with Crippen LogP contribution in [-0.2, 0) is 5.41 Å². The van der Waals surface area contributed by atoms with Gasteiger partial charge in [0.1, 0.15) is 5.84 Å². The van der Waals surface area contributed by atoms with Gasteiger partial charge in [0, 0.05) is 17.1 Å². The van der Waals surface area contributed by atoms with E-state index in [2.05, 4.69) is 170 Å². The number of hydrogen-bond acceptors (Lipinski definition) is 2. The highest BCUT2D eigenvalue weighted by molar-refractivity contribution is 6.07. The Morgan fingerprint density at radius 3 is 2.27 bits per heavy atom. The van der Waals surface area contributed by atoms with E-state index in [0.29, 0.717) is 11.8 Å². The Labute approximate surface area is 348 Å². The van der Waals surface area contributed by atoms with E-state index in [0.717, 1.165) is 29.0 Å². The molecule has 0 amide bonds. The van der Waals surface area contributed by atoms with Gasteiger partial charge in [-0.15, -0.1) is 0 Å². The van der Waals surface area contributed by atoms with Crippen LogP contribution in [0.25, 0.3) is 44.7 Å². The van der Waals surface area contributed by atoms with Gasteiger partial charge in [-0.25, -0.2) is 4.99 Å². The summed E-state index contributed by atoms with van der Waals surface area (Å²) >= 11 is 0. The van der Waals surface area contributed by atoms with E-state index in [9.17, 15) is 0 Å². The van der Waals surface area contributed by atoms with Crippen LogP contribution in [0.1, 0.15) is 54.5 Å². The van der Waals surface area contributed by atoms with Gasteiger partial charge in [0.15, 0.2) is 5.66 Å². The van der Waals surface area contributed by atoms with Gasteiger partial charge < -0.3 is 5.32 Å². The molecule has 1 spiro atoms. The molecular formula is C57H48N2. The van der Waals surface area contributed by atoms with E-state index >= 15 is 0 Å². The highest BCUT2D eigenvalue weighted by Crippen LogP contribution is 2.66. The van der Waals surface area contributed by atoms with Crippen LogP contribution in [0.2, 0.25) is 0 Å². The zero-order valence-electron chi connectivity index (χ0n) is 33.8. The number of amidine groups is 1. The molecular weight excluding hydrogens is 713 g/mol. The highest BCUT2D eigenvalue weighted by atomic mass is 15.3. The molecule has 5 aliphatic rings. The Morgan fingerprint density at radius 2 is 1.56 bits per heavy atom. The molecule has 1 N–H and O–H groups in total. The average Bonchev–Trinajstić information content (AvgIpc) is 3.75. The second kappa shape index (κ2) is 14.6. The Balaban J connectivity index is 1.04. The van der Waals surface area contributed by atoms with Gasteiger partial charge in [0.05, 0.1) is 5.41 Å². The summed E-state index contributed by atoms with van der Waals surface area (Å²) in [5.74, 6) is 1.74. The normalized spacial score (nSPS) is 22.3. The van der Waals surface area contributed by atoms with Crippen LogP contribution in [0.4, 0.5) is 0 Å². The molecule has 2 heteroatoms. The fourth-order valence-corrected chi connectivity index (χ4v) is 10.5. The smallest absolute Gasteiger partial charge is 0.178 e. The monoisotopic (exact) mass is 760 g/mol.